The van der Waals surface area contributed by atoms with Crippen LogP contribution in [0, 0.1) is 0 Å². The molecule has 0 aromatic carbocycles. The van der Waals surface area contributed by atoms with E-state index < -0.39 is 10.0 Å². The van der Waals surface area contributed by atoms with E-state index >= 15 is 0 Å². The molecular weight excluding hydrogens is 512 g/mol. The number of fused-ring (bicyclic) bond motifs is 1. The Kier molecular flexibility index (Phi) is 5.21. The van der Waals surface area contributed by atoms with Crippen LogP contribution in [0.3, 0.4) is 0 Å². The quantitative estimate of drug-likeness (QED) is 0.383. The first-order valence-electron chi connectivity index (χ1n) is 8.80. The molecule has 150 valence electrons. The fourth-order valence-electron chi connectivity index (χ4n) is 3.42. The van der Waals surface area contributed by atoms with Crippen molar-refractivity contribution < 1.29 is 8.42 Å². The van der Waals surface area contributed by atoms with Crippen LogP contribution in [-0.2, 0) is 10.0 Å². The minimum atomic E-state index is -3.46. The molecule has 0 saturated carbocycles. The van der Waals surface area contributed by atoms with Crippen LogP contribution >= 0.6 is 49.9 Å². The zero-order valence-electron chi connectivity index (χ0n) is 15.0. The Balaban J connectivity index is 1.43. The minimum absolute atomic E-state index is 0.375. The molecule has 0 unspecified atom stereocenters. The standard InChI is InChI=1S/C18H15BrN4O2S4/c19-14-3-4-15(28-14)29(24,25)23-7-5-22(6-8-23)17-16-12(13-2-1-9-26-13)10-27-18(16)21-11-20-17/h1-4,9-11H,5-8H2. The van der Waals surface area contributed by atoms with E-state index in [9.17, 15) is 8.42 Å². The molecule has 5 rings (SSSR count). The van der Waals surface area contributed by atoms with E-state index in [0.717, 1.165) is 25.4 Å². The number of aromatic nitrogens is 2. The Morgan fingerprint density at radius 2 is 1.86 bits per heavy atom. The second-order valence-corrected chi connectivity index (χ2v) is 12.9. The molecule has 1 saturated heterocycles. The second-order valence-electron chi connectivity index (χ2n) is 6.45. The molecule has 11 heteroatoms. The lowest BCUT2D eigenvalue weighted by atomic mass is 10.2. The number of halogens is 1. The molecule has 0 spiro atoms. The Labute approximate surface area is 188 Å². The lowest BCUT2D eigenvalue weighted by molar-refractivity contribution is 0.385. The summed E-state index contributed by atoms with van der Waals surface area (Å²) in [5.41, 5.74) is 1.15. The SMILES string of the molecule is O=S(=O)(c1ccc(Br)s1)N1CCN(c2ncnc3scc(-c4cccs4)c23)CC1. The fraction of sp³-hybridized carbons (Fsp3) is 0.222. The highest BCUT2D eigenvalue weighted by atomic mass is 79.9. The van der Waals surface area contributed by atoms with Gasteiger partial charge in [0.2, 0.25) is 0 Å². The topological polar surface area (TPSA) is 66.4 Å². The van der Waals surface area contributed by atoms with Crippen LogP contribution in [0.15, 0.2) is 49.3 Å². The smallest absolute Gasteiger partial charge is 0.252 e. The molecule has 0 aliphatic carbocycles. The largest absolute Gasteiger partial charge is 0.353 e. The lowest BCUT2D eigenvalue weighted by Gasteiger charge is -2.34. The highest BCUT2D eigenvalue weighted by molar-refractivity contribution is 9.11. The average Bonchev–Trinajstić information content (AvgIpc) is 3.48. The van der Waals surface area contributed by atoms with Crippen LogP contribution in [0.2, 0.25) is 0 Å². The van der Waals surface area contributed by atoms with Crippen LogP contribution in [0.4, 0.5) is 5.82 Å². The van der Waals surface area contributed by atoms with Gasteiger partial charge in [-0.05, 0) is 39.5 Å². The van der Waals surface area contributed by atoms with Crippen molar-refractivity contribution in [2.24, 2.45) is 0 Å². The molecule has 6 nitrogen and oxygen atoms in total. The van der Waals surface area contributed by atoms with Gasteiger partial charge in [-0.2, -0.15) is 4.31 Å². The molecule has 0 N–H and O–H groups in total. The third kappa shape index (κ3) is 3.53. The van der Waals surface area contributed by atoms with Gasteiger partial charge in [-0.25, -0.2) is 18.4 Å². The Bertz CT molecular complexity index is 1260. The molecule has 4 aromatic heterocycles. The monoisotopic (exact) mass is 526 g/mol. The minimum Gasteiger partial charge on any atom is -0.353 e. The summed E-state index contributed by atoms with van der Waals surface area (Å²) in [4.78, 5) is 13.3. The van der Waals surface area contributed by atoms with Gasteiger partial charge in [0.15, 0.2) is 0 Å². The van der Waals surface area contributed by atoms with Crippen molar-refractivity contribution >= 4 is 76.0 Å². The highest BCUT2D eigenvalue weighted by Gasteiger charge is 2.31. The summed E-state index contributed by atoms with van der Waals surface area (Å²) in [7, 11) is -3.46. The zero-order valence-corrected chi connectivity index (χ0v) is 19.8. The van der Waals surface area contributed by atoms with Gasteiger partial charge < -0.3 is 4.90 Å². The van der Waals surface area contributed by atoms with Crippen LogP contribution in [0.5, 0.6) is 0 Å². The van der Waals surface area contributed by atoms with Crippen LogP contribution in [0.1, 0.15) is 0 Å². The number of rotatable bonds is 4. The number of sulfonamides is 1. The number of piperazine rings is 1. The van der Waals surface area contributed by atoms with Gasteiger partial charge in [-0.1, -0.05) is 6.07 Å². The number of hydrogen-bond acceptors (Lipinski definition) is 8. The van der Waals surface area contributed by atoms with Gasteiger partial charge in [0.1, 0.15) is 21.2 Å². The predicted molar refractivity (Wildman–Crippen MR) is 124 cm³/mol. The van der Waals surface area contributed by atoms with E-state index in [2.05, 4.69) is 47.6 Å². The molecule has 0 atom stereocenters. The third-order valence-corrected chi connectivity index (χ3v) is 10.6. The van der Waals surface area contributed by atoms with E-state index in [0.29, 0.717) is 30.4 Å². The van der Waals surface area contributed by atoms with Crippen LogP contribution < -0.4 is 4.90 Å². The molecule has 0 bridgehead atoms. The maximum absolute atomic E-state index is 12.9. The summed E-state index contributed by atoms with van der Waals surface area (Å²) >= 11 is 7.90. The van der Waals surface area contributed by atoms with Crippen molar-refractivity contribution in [3.8, 4) is 10.4 Å². The van der Waals surface area contributed by atoms with Crippen molar-refractivity contribution in [1.29, 1.82) is 0 Å². The lowest BCUT2D eigenvalue weighted by Crippen LogP contribution is -2.48. The Morgan fingerprint density at radius 1 is 1.03 bits per heavy atom. The van der Waals surface area contributed by atoms with Crippen molar-refractivity contribution in [2.75, 3.05) is 31.1 Å². The summed E-state index contributed by atoms with van der Waals surface area (Å²) < 4.78 is 28.6. The predicted octanol–water partition coefficient (Wildman–Crippen LogP) is 4.75. The molecule has 29 heavy (non-hydrogen) atoms. The molecule has 0 radical (unpaired) electrons. The number of nitrogens with zero attached hydrogens (tertiary/aromatic N) is 4. The maximum Gasteiger partial charge on any atom is 0.252 e. The summed E-state index contributed by atoms with van der Waals surface area (Å²) in [6.45, 7) is 2.05. The van der Waals surface area contributed by atoms with Gasteiger partial charge in [0, 0.05) is 42.0 Å². The number of hydrogen-bond donors (Lipinski definition) is 0. The molecule has 0 amide bonds. The molecule has 1 aliphatic heterocycles. The average molecular weight is 528 g/mol. The normalized spacial score (nSPS) is 16.0. The van der Waals surface area contributed by atoms with Gasteiger partial charge in [-0.3, -0.25) is 0 Å². The number of anilines is 1. The summed E-state index contributed by atoms with van der Waals surface area (Å²) in [6, 6.07) is 7.57. The van der Waals surface area contributed by atoms with Gasteiger partial charge in [0.05, 0.1) is 9.17 Å². The molecule has 1 fully saturated rings. The summed E-state index contributed by atoms with van der Waals surface area (Å²) in [5.74, 6) is 0.885. The Morgan fingerprint density at radius 3 is 2.55 bits per heavy atom. The van der Waals surface area contributed by atoms with Crippen molar-refractivity contribution in [3.63, 3.8) is 0 Å². The van der Waals surface area contributed by atoms with E-state index in [4.69, 9.17) is 0 Å². The maximum atomic E-state index is 12.9. The first-order valence-corrected chi connectivity index (χ1v) is 13.6. The second kappa shape index (κ2) is 7.71. The summed E-state index contributed by atoms with van der Waals surface area (Å²) in [5, 5.41) is 5.25. The molecule has 1 aliphatic rings. The van der Waals surface area contributed by atoms with Crippen molar-refractivity contribution in [1.82, 2.24) is 14.3 Å². The molecule has 5 heterocycles. The first kappa shape index (κ1) is 19.6. The third-order valence-electron chi connectivity index (χ3n) is 4.82. The van der Waals surface area contributed by atoms with Crippen molar-refractivity contribution in [3.05, 3.63) is 45.1 Å². The van der Waals surface area contributed by atoms with Crippen LogP contribution in [0.25, 0.3) is 20.7 Å². The molecular formula is C18H15BrN4O2S4. The Hall–Kier alpha value is -1.37. The fourth-order valence-corrected chi connectivity index (χ4v) is 8.73. The van der Waals surface area contributed by atoms with E-state index in [-0.39, 0.29) is 0 Å². The summed E-state index contributed by atoms with van der Waals surface area (Å²) in [6.07, 6.45) is 1.60. The van der Waals surface area contributed by atoms with E-state index in [1.807, 2.05) is 6.07 Å². The molecule has 4 aromatic rings. The number of thiophene rings is 3. The van der Waals surface area contributed by atoms with Gasteiger partial charge in [0.25, 0.3) is 10.0 Å². The van der Waals surface area contributed by atoms with E-state index in [1.165, 1.54) is 16.2 Å². The first-order chi connectivity index (χ1) is 14.0. The highest BCUT2D eigenvalue weighted by Crippen LogP contribution is 2.40. The zero-order chi connectivity index (χ0) is 20.0. The van der Waals surface area contributed by atoms with E-state index in [1.54, 1.807) is 45.4 Å². The van der Waals surface area contributed by atoms with Gasteiger partial charge in [-0.15, -0.1) is 34.0 Å². The van der Waals surface area contributed by atoms with Crippen molar-refractivity contribution in [2.45, 2.75) is 4.21 Å². The van der Waals surface area contributed by atoms with Crippen LogP contribution in [-0.4, -0.2) is 48.9 Å². The van der Waals surface area contributed by atoms with Gasteiger partial charge >= 0.3 is 0 Å².